The third-order valence-electron chi connectivity index (χ3n) is 2.40. The van der Waals surface area contributed by atoms with Gasteiger partial charge in [0.1, 0.15) is 0 Å². The first-order valence-corrected chi connectivity index (χ1v) is 8.01. The van der Waals surface area contributed by atoms with Crippen molar-refractivity contribution in [3.05, 3.63) is 52.5 Å². The second-order valence-corrected chi connectivity index (χ2v) is 7.57. The number of carbonyl (C=O) groups is 1. The minimum Gasteiger partial charge on any atom is -0.288 e. The van der Waals surface area contributed by atoms with E-state index in [1.54, 1.807) is 18.2 Å². The Hall–Kier alpha value is 0.130. The second kappa shape index (κ2) is 5.63. The van der Waals surface area contributed by atoms with E-state index in [0.29, 0.717) is 20.5 Å². The zero-order valence-electron chi connectivity index (χ0n) is 9.06. The molecule has 0 unspecified atom stereocenters. The maximum absolute atomic E-state index is 12.4. The van der Waals surface area contributed by atoms with Crippen LogP contribution in [0.4, 0.5) is 0 Å². The summed E-state index contributed by atoms with van der Waals surface area (Å²) in [6.07, 6.45) is 0. The molecule has 0 bridgehead atoms. The van der Waals surface area contributed by atoms with Gasteiger partial charge in [-0.1, -0.05) is 23.2 Å². The van der Waals surface area contributed by atoms with E-state index in [1.165, 1.54) is 11.3 Å². The van der Waals surface area contributed by atoms with Gasteiger partial charge in [0, 0.05) is 15.1 Å². The van der Waals surface area contributed by atoms with Gasteiger partial charge < -0.3 is 0 Å². The quantitative estimate of drug-likeness (QED) is 0.526. The van der Waals surface area contributed by atoms with E-state index in [2.05, 4.69) is 31.9 Å². The van der Waals surface area contributed by atoms with Gasteiger partial charge in [-0.05, 0) is 62.5 Å². The van der Waals surface area contributed by atoms with E-state index in [9.17, 15) is 4.79 Å². The Labute approximate surface area is 135 Å². The van der Waals surface area contributed by atoms with Gasteiger partial charge in [0.25, 0.3) is 0 Å². The van der Waals surface area contributed by atoms with E-state index >= 15 is 0 Å². The molecule has 18 heavy (non-hydrogen) atoms. The Bertz CT molecular complexity index is 637. The highest BCUT2D eigenvalue weighted by Crippen LogP contribution is 2.38. The van der Waals surface area contributed by atoms with Crippen LogP contribution < -0.4 is 0 Å². The monoisotopic (exact) mass is 426 g/mol. The lowest BCUT2D eigenvalue weighted by Gasteiger charge is -2.03. The van der Waals surface area contributed by atoms with Gasteiger partial charge in [-0.3, -0.25) is 4.79 Å². The predicted molar refractivity (Wildman–Crippen MR) is 84.4 cm³/mol. The first kappa shape index (κ1) is 14.5. The molecule has 1 nitrogen and oxygen atoms in total. The van der Waals surface area contributed by atoms with Gasteiger partial charge in [-0.2, -0.15) is 0 Å². The molecule has 0 amide bonds. The minimum absolute atomic E-state index is 0.109. The highest BCUT2D eigenvalue weighted by atomic mass is 79.9. The van der Waals surface area contributed by atoms with Crippen molar-refractivity contribution in [3.8, 4) is 0 Å². The lowest BCUT2D eigenvalue weighted by Crippen LogP contribution is -2.00. The average Bonchev–Trinajstić information content (AvgIpc) is 2.56. The first-order chi connectivity index (χ1) is 8.41. The largest absolute Gasteiger partial charge is 0.288 e. The number of hydrogen-bond donors (Lipinski definition) is 0. The van der Waals surface area contributed by atoms with Crippen LogP contribution in [0.2, 0.25) is 10.0 Å². The van der Waals surface area contributed by atoms with Gasteiger partial charge in [-0.15, -0.1) is 11.3 Å². The molecule has 0 spiro atoms. The van der Waals surface area contributed by atoms with Crippen LogP contribution in [-0.2, 0) is 0 Å². The fraction of sp³-hybridized carbons (Fsp3) is 0.0833. The number of carbonyl (C=O) groups excluding carboxylic acids is 1. The van der Waals surface area contributed by atoms with Crippen LogP contribution in [0.3, 0.4) is 0 Å². The van der Waals surface area contributed by atoms with Crippen LogP contribution >= 0.6 is 66.4 Å². The summed E-state index contributed by atoms with van der Waals surface area (Å²) in [6.45, 7) is 1.94. The molecule has 0 aliphatic heterocycles. The first-order valence-electron chi connectivity index (χ1n) is 4.86. The summed E-state index contributed by atoms with van der Waals surface area (Å²) in [6, 6.07) is 4.87. The van der Waals surface area contributed by atoms with E-state index in [-0.39, 0.29) is 5.78 Å². The molecule has 6 heteroatoms. The Balaban J connectivity index is 2.51. The van der Waals surface area contributed by atoms with Gasteiger partial charge in [0.05, 0.1) is 13.7 Å². The Morgan fingerprint density at radius 3 is 2.44 bits per heavy atom. The van der Waals surface area contributed by atoms with Crippen LogP contribution in [-0.4, -0.2) is 5.78 Å². The molecule has 0 radical (unpaired) electrons. The molecule has 1 aromatic heterocycles. The molecule has 1 aromatic carbocycles. The van der Waals surface area contributed by atoms with Gasteiger partial charge >= 0.3 is 0 Å². The predicted octanol–water partition coefficient (Wildman–Crippen LogP) is 6.12. The number of hydrogen-bond acceptors (Lipinski definition) is 2. The molecule has 0 N–H and O–H groups in total. The maximum Gasteiger partial charge on any atom is 0.205 e. The fourth-order valence-corrected chi connectivity index (χ4v) is 4.49. The second-order valence-electron chi connectivity index (χ2n) is 3.60. The average molecular weight is 429 g/mol. The Kier molecular flexibility index (Phi) is 4.55. The summed E-state index contributed by atoms with van der Waals surface area (Å²) in [4.78, 5) is 13.0. The Morgan fingerprint density at radius 1 is 1.28 bits per heavy atom. The summed E-state index contributed by atoms with van der Waals surface area (Å²) in [5, 5.41) is 0.876. The van der Waals surface area contributed by atoms with Gasteiger partial charge in [0.2, 0.25) is 5.78 Å². The lowest BCUT2D eigenvalue weighted by molar-refractivity contribution is 0.104. The standard InChI is InChI=1S/C12H6Br2Cl2OS/c1-5-9(13)11(18-12(5)14)10(17)7-3-2-6(15)4-8(7)16/h2-4H,1H3. The SMILES string of the molecule is Cc1c(Br)sc(C(=O)c2ccc(Cl)cc2Cl)c1Br. The van der Waals surface area contributed by atoms with Crippen molar-refractivity contribution in [2.24, 2.45) is 0 Å². The van der Waals surface area contributed by atoms with Crippen LogP contribution in [0, 0.1) is 6.92 Å². The van der Waals surface area contributed by atoms with Crippen molar-refractivity contribution in [2.45, 2.75) is 6.92 Å². The van der Waals surface area contributed by atoms with Crippen molar-refractivity contribution in [3.63, 3.8) is 0 Å². The molecule has 0 atom stereocenters. The van der Waals surface area contributed by atoms with E-state index in [0.717, 1.165) is 13.8 Å². The molecular weight excluding hydrogens is 423 g/mol. The molecule has 0 aliphatic carbocycles. The third kappa shape index (κ3) is 2.68. The van der Waals surface area contributed by atoms with Crippen molar-refractivity contribution in [2.75, 3.05) is 0 Å². The van der Waals surface area contributed by atoms with Crippen molar-refractivity contribution in [1.29, 1.82) is 0 Å². The summed E-state index contributed by atoms with van der Waals surface area (Å²) < 4.78 is 1.73. The van der Waals surface area contributed by atoms with Crippen molar-refractivity contribution in [1.82, 2.24) is 0 Å². The highest BCUT2D eigenvalue weighted by molar-refractivity contribution is 9.11. The summed E-state index contributed by atoms with van der Waals surface area (Å²) in [5.74, 6) is -0.109. The number of halogens is 4. The molecule has 2 aromatic rings. The van der Waals surface area contributed by atoms with Crippen LogP contribution in [0.5, 0.6) is 0 Å². The number of benzene rings is 1. The van der Waals surface area contributed by atoms with Crippen molar-refractivity contribution < 1.29 is 4.79 Å². The molecule has 0 saturated carbocycles. The van der Waals surface area contributed by atoms with E-state index < -0.39 is 0 Å². The maximum atomic E-state index is 12.4. The fourth-order valence-electron chi connectivity index (χ4n) is 1.41. The molecule has 0 fully saturated rings. The molecule has 94 valence electrons. The number of ketones is 1. The van der Waals surface area contributed by atoms with Gasteiger partial charge in [0.15, 0.2) is 0 Å². The van der Waals surface area contributed by atoms with Crippen LogP contribution in [0.15, 0.2) is 26.5 Å². The number of rotatable bonds is 2. The topological polar surface area (TPSA) is 17.1 Å². The van der Waals surface area contributed by atoms with Crippen molar-refractivity contribution >= 4 is 72.2 Å². The van der Waals surface area contributed by atoms with Crippen LogP contribution in [0.25, 0.3) is 0 Å². The summed E-state index contributed by atoms with van der Waals surface area (Å²) >= 11 is 20.1. The zero-order valence-corrected chi connectivity index (χ0v) is 14.6. The molecule has 0 aliphatic rings. The van der Waals surface area contributed by atoms with E-state index in [1.807, 2.05) is 6.92 Å². The van der Waals surface area contributed by atoms with Crippen LogP contribution in [0.1, 0.15) is 20.8 Å². The minimum atomic E-state index is -0.109. The lowest BCUT2D eigenvalue weighted by atomic mass is 10.1. The van der Waals surface area contributed by atoms with E-state index in [4.69, 9.17) is 23.2 Å². The highest BCUT2D eigenvalue weighted by Gasteiger charge is 2.21. The number of thiophene rings is 1. The molecule has 1 heterocycles. The molecular formula is C12H6Br2Cl2OS. The zero-order chi connectivity index (χ0) is 13.4. The normalized spacial score (nSPS) is 10.7. The molecule has 2 rings (SSSR count). The third-order valence-corrected chi connectivity index (χ3v) is 6.36. The summed E-state index contributed by atoms with van der Waals surface area (Å²) in [5.41, 5.74) is 1.46. The summed E-state index contributed by atoms with van der Waals surface area (Å²) in [7, 11) is 0. The Morgan fingerprint density at radius 2 is 1.94 bits per heavy atom. The molecule has 0 saturated heterocycles. The van der Waals surface area contributed by atoms with Gasteiger partial charge in [-0.25, -0.2) is 0 Å². The smallest absolute Gasteiger partial charge is 0.205 e.